The molecule has 2 rings (SSSR count). The molecule has 0 radical (unpaired) electrons. The van der Waals surface area contributed by atoms with Crippen LogP contribution >= 0.6 is 0 Å². The molecule has 0 saturated heterocycles. The molecule has 0 aliphatic heterocycles. The minimum Gasteiger partial charge on any atom is -0.250 e. The number of H-pyrrole nitrogens is 1. The SMILES string of the molecule is CCCCCCCCCCCCCCCCCCC(C(CCCCC)Cc1ccccc1)[n+]1cc[nH]c1. The molecule has 2 nitrogen and oxygen atoms in total. The summed E-state index contributed by atoms with van der Waals surface area (Å²) in [5.74, 6) is 0.714. The number of aromatic amines is 1. The zero-order valence-corrected chi connectivity index (χ0v) is 24.8. The summed E-state index contributed by atoms with van der Waals surface area (Å²) in [4.78, 5) is 3.32. The van der Waals surface area contributed by atoms with Crippen LogP contribution in [-0.2, 0) is 6.42 Å². The highest BCUT2D eigenvalue weighted by Gasteiger charge is 2.26. The first-order valence-electron chi connectivity index (χ1n) is 16.4. The molecular formula is C35H61N2+. The fourth-order valence-corrected chi connectivity index (χ4v) is 6.04. The predicted octanol–water partition coefficient (Wildman–Crippen LogP) is 10.9. The molecule has 1 aromatic heterocycles. The summed E-state index contributed by atoms with van der Waals surface area (Å²) < 4.78 is 2.48. The smallest absolute Gasteiger partial charge is 0.241 e. The zero-order valence-electron chi connectivity index (χ0n) is 24.8. The van der Waals surface area contributed by atoms with Crippen LogP contribution in [0.2, 0.25) is 0 Å². The highest BCUT2D eigenvalue weighted by atomic mass is 15.1. The lowest BCUT2D eigenvalue weighted by atomic mass is 9.84. The third kappa shape index (κ3) is 15.4. The van der Waals surface area contributed by atoms with E-state index in [0.717, 1.165) is 0 Å². The van der Waals surface area contributed by atoms with Crippen molar-refractivity contribution in [3.05, 3.63) is 54.6 Å². The number of nitrogens with one attached hydrogen (secondary N) is 1. The van der Waals surface area contributed by atoms with Gasteiger partial charge in [-0.25, -0.2) is 4.57 Å². The highest BCUT2D eigenvalue weighted by molar-refractivity contribution is 5.15. The molecule has 0 spiro atoms. The fourth-order valence-electron chi connectivity index (χ4n) is 6.04. The summed E-state index contributed by atoms with van der Waals surface area (Å²) >= 11 is 0. The van der Waals surface area contributed by atoms with Gasteiger partial charge in [0.2, 0.25) is 6.33 Å². The molecule has 0 bridgehead atoms. The second kappa shape index (κ2) is 22.4. The van der Waals surface area contributed by atoms with E-state index in [4.69, 9.17) is 0 Å². The summed E-state index contributed by atoms with van der Waals surface area (Å²) in [7, 11) is 0. The topological polar surface area (TPSA) is 19.7 Å². The summed E-state index contributed by atoms with van der Waals surface area (Å²) in [6, 6.07) is 11.8. The van der Waals surface area contributed by atoms with Crippen molar-refractivity contribution in [3.8, 4) is 0 Å². The van der Waals surface area contributed by atoms with Crippen molar-refractivity contribution in [2.24, 2.45) is 5.92 Å². The lowest BCUT2D eigenvalue weighted by Crippen LogP contribution is -2.42. The van der Waals surface area contributed by atoms with Gasteiger partial charge in [-0.15, -0.1) is 0 Å². The fraction of sp³-hybridized carbons (Fsp3) is 0.743. The van der Waals surface area contributed by atoms with Gasteiger partial charge in [0.05, 0.1) is 0 Å². The van der Waals surface area contributed by atoms with Gasteiger partial charge in [0.1, 0.15) is 18.4 Å². The Hall–Kier alpha value is -1.57. The standard InChI is InChI=1S/C35H60N2/c1-3-5-7-8-9-10-11-12-13-14-15-16-17-18-19-24-28-35(37-30-29-36-32-37)34(27-21-6-4-2)31-33-25-22-20-23-26-33/h20,22-23,25-26,29-30,32,34-35H,3-19,21,24,27-28,31H2,1-2H3/p+1. The van der Waals surface area contributed by atoms with Crippen molar-refractivity contribution >= 4 is 0 Å². The summed E-state index contributed by atoms with van der Waals surface area (Å²) in [6.45, 7) is 4.62. The lowest BCUT2D eigenvalue weighted by Gasteiger charge is -2.25. The van der Waals surface area contributed by atoms with Crippen LogP contribution in [-0.4, -0.2) is 4.98 Å². The van der Waals surface area contributed by atoms with Crippen molar-refractivity contribution in [1.82, 2.24) is 4.98 Å². The van der Waals surface area contributed by atoms with E-state index in [0.29, 0.717) is 12.0 Å². The van der Waals surface area contributed by atoms with Gasteiger partial charge >= 0.3 is 0 Å². The average Bonchev–Trinajstić information content (AvgIpc) is 3.45. The molecule has 2 heteroatoms. The van der Waals surface area contributed by atoms with Crippen LogP contribution < -0.4 is 4.57 Å². The average molecular weight is 510 g/mol. The monoisotopic (exact) mass is 509 g/mol. The van der Waals surface area contributed by atoms with Crippen molar-refractivity contribution in [2.45, 2.75) is 161 Å². The molecular weight excluding hydrogens is 448 g/mol. The van der Waals surface area contributed by atoms with Gasteiger partial charge in [-0.3, -0.25) is 4.98 Å². The highest BCUT2D eigenvalue weighted by Crippen LogP contribution is 2.28. The van der Waals surface area contributed by atoms with E-state index >= 15 is 0 Å². The minimum atomic E-state index is 0.606. The molecule has 2 atom stereocenters. The molecule has 2 aromatic rings. The summed E-state index contributed by atoms with van der Waals surface area (Å²) in [6.07, 6.45) is 37.4. The number of unbranched alkanes of at least 4 members (excludes halogenated alkanes) is 17. The van der Waals surface area contributed by atoms with Crippen LogP contribution in [0.5, 0.6) is 0 Å². The quantitative estimate of drug-likeness (QED) is 0.101. The second-order valence-corrected chi connectivity index (χ2v) is 11.7. The Balaban J connectivity index is 1.61. The Morgan fingerprint density at radius 1 is 0.595 bits per heavy atom. The van der Waals surface area contributed by atoms with Gasteiger partial charge < -0.3 is 0 Å². The maximum atomic E-state index is 3.32. The third-order valence-electron chi connectivity index (χ3n) is 8.37. The third-order valence-corrected chi connectivity index (χ3v) is 8.37. The Labute approximate surface area is 231 Å². The van der Waals surface area contributed by atoms with E-state index in [1.54, 1.807) is 0 Å². The molecule has 1 N–H and O–H groups in total. The molecule has 0 aliphatic carbocycles. The molecule has 0 saturated carbocycles. The van der Waals surface area contributed by atoms with Crippen molar-refractivity contribution in [1.29, 1.82) is 0 Å². The molecule has 0 aliphatic rings. The molecule has 37 heavy (non-hydrogen) atoms. The van der Waals surface area contributed by atoms with E-state index < -0.39 is 0 Å². The Kier molecular flexibility index (Phi) is 19.2. The predicted molar refractivity (Wildman–Crippen MR) is 162 cm³/mol. The lowest BCUT2D eigenvalue weighted by molar-refractivity contribution is -0.730. The van der Waals surface area contributed by atoms with Gasteiger partial charge in [0.25, 0.3) is 0 Å². The normalized spacial score (nSPS) is 13.1. The van der Waals surface area contributed by atoms with Crippen LogP contribution in [0.15, 0.2) is 49.1 Å². The number of hydrogen-bond acceptors (Lipinski definition) is 0. The maximum absolute atomic E-state index is 3.32. The van der Waals surface area contributed by atoms with Crippen LogP contribution in [0.1, 0.15) is 160 Å². The first-order valence-corrected chi connectivity index (χ1v) is 16.4. The van der Waals surface area contributed by atoms with E-state index in [2.05, 4.69) is 72.5 Å². The summed E-state index contributed by atoms with van der Waals surface area (Å²) in [5, 5.41) is 0. The number of hydrogen-bond donors (Lipinski definition) is 1. The zero-order chi connectivity index (χ0) is 26.2. The van der Waals surface area contributed by atoms with Crippen LogP contribution in [0.25, 0.3) is 0 Å². The molecule has 0 amide bonds. The van der Waals surface area contributed by atoms with Gasteiger partial charge in [-0.05, 0) is 31.2 Å². The van der Waals surface area contributed by atoms with E-state index in [1.807, 2.05) is 0 Å². The number of imidazole rings is 1. The van der Waals surface area contributed by atoms with Crippen molar-refractivity contribution < 1.29 is 4.57 Å². The summed E-state index contributed by atoms with van der Waals surface area (Å²) in [5.41, 5.74) is 1.50. The Morgan fingerprint density at radius 2 is 1.08 bits per heavy atom. The van der Waals surface area contributed by atoms with E-state index in [9.17, 15) is 0 Å². The molecule has 1 aromatic carbocycles. The Bertz CT molecular complexity index is 708. The number of benzene rings is 1. The molecule has 0 fully saturated rings. The molecule has 210 valence electrons. The number of aromatic nitrogens is 2. The van der Waals surface area contributed by atoms with E-state index in [1.165, 1.54) is 147 Å². The van der Waals surface area contributed by atoms with Crippen molar-refractivity contribution in [3.63, 3.8) is 0 Å². The largest absolute Gasteiger partial charge is 0.250 e. The van der Waals surface area contributed by atoms with Gasteiger partial charge in [-0.1, -0.05) is 160 Å². The molecule has 2 unspecified atom stereocenters. The van der Waals surface area contributed by atoms with Crippen LogP contribution in [0.3, 0.4) is 0 Å². The van der Waals surface area contributed by atoms with E-state index in [-0.39, 0.29) is 0 Å². The minimum absolute atomic E-state index is 0.606. The second-order valence-electron chi connectivity index (χ2n) is 11.7. The van der Waals surface area contributed by atoms with Gasteiger partial charge in [0, 0.05) is 5.92 Å². The maximum Gasteiger partial charge on any atom is 0.241 e. The van der Waals surface area contributed by atoms with Crippen LogP contribution in [0.4, 0.5) is 0 Å². The van der Waals surface area contributed by atoms with Gasteiger partial charge in [-0.2, -0.15) is 0 Å². The van der Waals surface area contributed by atoms with Crippen LogP contribution in [0, 0.1) is 5.92 Å². The van der Waals surface area contributed by atoms with Gasteiger partial charge in [0.15, 0.2) is 0 Å². The number of rotatable bonds is 25. The Morgan fingerprint density at radius 3 is 1.59 bits per heavy atom. The first-order chi connectivity index (χ1) is 18.3. The van der Waals surface area contributed by atoms with Crippen molar-refractivity contribution in [2.75, 3.05) is 0 Å². The number of nitrogens with zero attached hydrogens (tertiary/aromatic N) is 1. The molecule has 1 heterocycles. The first kappa shape index (κ1) is 31.6.